The molecule has 0 radical (unpaired) electrons. The van der Waals surface area contributed by atoms with Gasteiger partial charge in [-0.15, -0.1) is 17.9 Å². The Bertz CT molecular complexity index is 542. The molecule has 0 aliphatic heterocycles. The molecule has 1 aliphatic rings. The molecule has 0 unspecified atom stereocenters. The number of aryl methyl sites for hydroxylation is 1. The number of fused-ring (bicyclic) bond motifs is 1. The molecule has 0 spiro atoms. The van der Waals surface area contributed by atoms with Gasteiger partial charge in [-0.1, -0.05) is 6.08 Å². The van der Waals surface area contributed by atoms with E-state index in [2.05, 4.69) is 12.6 Å². The summed E-state index contributed by atoms with van der Waals surface area (Å²) in [7, 11) is 0. The molecule has 0 saturated carbocycles. The first-order valence-corrected chi connectivity index (χ1v) is 7.11. The molecule has 4 nitrogen and oxygen atoms in total. The summed E-state index contributed by atoms with van der Waals surface area (Å²) in [5, 5.41) is 19.1. The number of rotatable bonds is 6. The maximum absolute atomic E-state index is 10.7. The summed E-state index contributed by atoms with van der Waals surface area (Å²) in [6.07, 6.45) is 4.94. The van der Waals surface area contributed by atoms with Crippen molar-refractivity contribution in [1.82, 2.24) is 0 Å². The van der Waals surface area contributed by atoms with E-state index in [9.17, 15) is 10.1 Å². The molecule has 1 heterocycles. The Labute approximate surface area is 116 Å². The van der Waals surface area contributed by atoms with E-state index < -0.39 is 5.97 Å². The van der Waals surface area contributed by atoms with Gasteiger partial charge >= 0.3 is 5.97 Å². The number of thiophene rings is 1. The van der Waals surface area contributed by atoms with Crippen LogP contribution in [0.25, 0.3) is 0 Å². The lowest BCUT2D eigenvalue weighted by Gasteiger charge is -2.21. The minimum Gasteiger partial charge on any atom is -0.481 e. The van der Waals surface area contributed by atoms with Gasteiger partial charge in [0.25, 0.3) is 0 Å². The largest absolute Gasteiger partial charge is 0.481 e. The fourth-order valence-corrected chi connectivity index (χ4v) is 3.76. The van der Waals surface area contributed by atoms with Crippen LogP contribution in [0.1, 0.15) is 28.8 Å². The molecule has 0 amide bonds. The van der Waals surface area contributed by atoms with Gasteiger partial charge in [-0.05, 0) is 24.8 Å². The predicted molar refractivity (Wildman–Crippen MR) is 75.7 cm³/mol. The van der Waals surface area contributed by atoms with E-state index in [0.717, 1.165) is 29.8 Å². The quantitative estimate of drug-likeness (QED) is 0.811. The minimum absolute atomic E-state index is 0.0707. The summed E-state index contributed by atoms with van der Waals surface area (Å²) in [5.74, 6) is -0.823. The first kappa shape index (κ1) is 13.6. The smallest absolute Gasteiger partial charge is 0.305 e. The lowest BCUT2D eigenvalue weighted by Crippen LogP contribution is -2.26. The molecule has 0 fully saturated rings. The van der Waals surface area contributed by atoms with Crippen LogP contribution in [0.5, 0.6) is 0 Å². The standard InChI is InChI=1S/C14H16N2O2S/c1-2-7-16(8-6-13(17)18)14-11(9-15)10-4-3-5-12(10)19-14/h2H,1,3-8H2,(H,17,18). The zero-order valence-corrected chi connectivity index (χ0v) is 11.5. The fourth-order valence-electron chi connectivity index (χ4n) is 2.39. The van der Waals surface area contributed by atoms with Crippen molar-refractivity contribution >= 4 is 22.3 Å². The lowest BCUT2D eigenvalue weighted by atomic mass is 10.1. The van der Waals surface area contributed by atoms with Gasteiger partial charge < -0.3 is 10.0 Å². The van der Waals surface area contributed by atoms with Crippen LogP contribution >= 0.6 is 11.3 Å². The van der Waals surface area contributed by atoms with Crippen molar-refractivity contribution < 1.29 is 9.90 Å². The van der Waals surface area contributed by atoms with Crippen LogP contribution < -0.4 is 4.90 Å². The number of anilines is 1. The van der Waals surface area contributed by atoms with Gasteiger partial charge in [-0.2, -0.15) is 5.26 Å². The number of nitriles is 1. The van der Waals surface area contributed by atoms with Crippen molar-refractivity contribution in [2.75, 3.05) is 18.0 Å². The SMILES string of the molecule is C=CCN(CCC(=O)O)c1sc2c(c1C#N)CCC2. The van der Waals surface area contributed by atoms with E-state index in [1.807, 2.05) is 4.90 Å². The Balaban J connectivity index is 2.29. The molecule has 5 heteroatoms. The second kappa shape index (κ2) is 5.89. The van der Waals surface area contributed by atoms with Gasteiger partial charge in [0, 0.05) is 18.0 Å². The second-order valence-corrected chi connectivity index (χ2v) is 5.61. The zero-order valence-electron chi connectivity index (χ0n) is 10.7. The van der Waals surface area contributed by atoms with Crippen molar-refractivity contribution in [2.24, 2.45) is 0 Å². The molecule has 1 aromatic heterocycles. The van der Waals surface area contributed by atoms with Gasteiger partial charge in [-0.25, -0.2) is 0 Å². The number of aliphatic carboxylic acids is 1. The molecule has 2 rings (SSSR count). The van der Waals surface area contributed by atoms with E-state index in [0.29, 0.717) is 13.1 Å². The number of hydrogen-bond donors (Lipinski definition) is 1. The van der Waals surface area contributed by atoms with Gasteiger partial charge in [0.1, 0.15) is 11.1 Å². The molecule has 0 saturated heterocycles. The molecular formula is C14H16N2O2S. The van der Waals surface area contributed by atoms with Crippen molar-refractivity contribution in [3.8, 4) is 6.07 Å². The predicted octanol–water partition coefficient (Wildman–Crippen LogP) is 2.58. The number of carboxylic acid groups (broad SMARTS) is 1. The third-order valence-electron chi connectivity index (χ3n) is 3.25. The zero-order chi connectivity index (χ0) is 13.8. The number of carbonyl (C=O) groups is 1. The topological polar surface area (TPSA) is 64.3 Å². The number of nitrogens with zero attached hydrogens (tertiary/aromatic N) is 2. The average molecular weight is 276 g/mol. The van der Waals surface area contributed by atoms with E-state index in [-0.39, 0.29) is 6.42 Å². The van der Waals surface area contributed by atoms with Gasteiger partial charge in [-0.3, -0.25) is 4.79 Å². The highest BCUT2D eigenvalue weighted by Crippen LogP contribution is 2.40. The van der Waals surface area contributed by atoms with Crippen LogP contribution in [0, 0.1) is 11.3 Å². The Morgan fingerprint density at radius 3 is 3.00 bits per heavy atom. The van der Waals surface area contributed by atoms with E-state index >= 15 is 0 Å². The Morgan fingerprint density at radius 2 is 2.37 bits per heavy atom. The summed E-state index contributed by atoms with van der Waals surface area (Å²) in [6, 6.07) is 2.29. The molecule has 0 bridgehead atoms. The van der Waals surface area contributed by atoms with E-state index in [1.54, 1.807) is 17.4 Å². The van der Waals surface area contributed by atoms with Crippen molar-refractivity contribution in [3.05, 3.63) is 28.7 Å². The van der Waals surface area contributed by atoms with Crippen LogP contribution in [0.4, 0.5) is 5.00 Å². The molecular weight excluding hydrogens is 260 g/mol. The minimum atomic E-state index is -0.823. The summed E-state index contributed by atoms with van der Waals surface area (Å²) in [5.41, 5.74) is 1.91. The van der Waals surface area contributed by atoms with Gasteiger partial charge in [0.15, 0.2) is 0 Å². The van der Waals surface area contributed by atoms with E-state index in [4.69, 9.17) is 5.11 Å². The highest BCUT2D eigenvalue weighted by Gasteiger charge is 2.24. The summed E-state index contributed by atoms with van der Waals surface area (Å²) in [4.78, 5) is 14.0. The van der Waals surface area contributed by atoms with Crippen molar-refractivity contribution in [2.45, 2.75) is 25.7 Å². The first-order chi connectivity index (χ1) is 9.17. The van der Waals surface area contributed by atoms with Crippen molar-refractivity contribution in [3.63, 3.8) is 0 Å². The molecule has 1 N–H and O–H groups in total. The van der Waals surface area contributed by atoms with Gasteiger partial charge in [0.05, 0.1) is 12.0 Å². The van der Waals surface area contributed by atoms with Crippen LogP contribution in [-0.4, -0.2) is 24.2 Å². The third-order valence-corrected chi connectivity index (χ3v) is 4.60. The number of hydrogen-bond acceptors (Lipinski definition) is 4. The highest BCUT2D eigenvalue weighted by molar-refractivity contribution is 7.16. The monoisotopic (exact) mass is 276 g/mol. The first-order valence-electron chi connectivity index (χ1n) is 6.29. The third kappa shape index (κ3) is 2.79. The molecule has 100 valence electrons. The van der Waals surface area contributed by atoms with Crippen LogP contribution in [0.3, 0.4) is 0 Å². The Hall–Kier alpha value is -1.80. The summed E-state index contributed by atoms with van der Waals surface area (Å²) >= 11 is 1.64. The second-order valence-electron chi connectivity index (χ2n) is 4.53. The molecule has 19 heavy (non-hydrogen) atoms. The average Bonchev–Trinajstić information content (AvgIpc) is 2.93. The number of carboxylic acids is 1. The molecule has 1 aliphatic carbocycles. The molecule has 1 aromatic rings. The normalized spacial score (nSPS) is 12.8. The van der Waals surface area contributed by atoms with Crippen LogP contribution in [0.15, 0.2) is 12.7 Å². The molecule has 0 atom stereocenters. The molecule has 0 aromatic carbocycles. The maximum atomic E-state index is 10.7. The van der Waals surface area contributed by atoms with Crippen molar-refractivity contribution in [1.29, 1.82) is 5.26 Å². The maximum Gasteiger partial charge on any atom is 0.305 e. The fraction of sp³-hybridized carbons (Fsp3) is 0.429. The Kier molecular flexibility index (Phi) is 4.23. The highest BCUT2D eigenvalue weighted by atomic mass is 32.1. The lowest BCUT2D eigenvalue weighted by molar-refractivity contribution is -0.136. The van der Waals surface area contributed by atoms with Gasteiger partial charge in [0.2, 0.25) is 0 Å². The van der Waals surface area contributed by atoms with E-state index in [1.165, 1.54) is 10.4 Å². The summed E-state index contributed by atoms with van der Waals surface area (Å²) < 4.78 is 0. The summed E-state index contributed by atoms with van der Waals surface area (Å²) in [6.45, 7) is 4.69. The van der Waals surface area contributed by atoms with Crippen LogP contribution in [-0.2, 0) is 17.6 Å². The Morgan fingerprint density at radius 1 is 1.58 bits per heavy atom. The van der Waals surface area contributed by atoms with Crippen LogP contribution in [0.2, 0.25) is 0 Å².